The molecule has 0 aliphatic heterocycles. The molecule has 0 unspecified atom stereocenters. The van der Waals surface area contributed by atoms with Crippen LogP contribution < -0.4 is 5.32 Å². The van der Waals surface area contributed by atoms with Gasteiger partial charge < -0.3 is 10.4 Å². The first-order chi connectivity index (χ1) is 12.0. The van der Waals surface area contributed by atoms with Gasteiger partial charge in [0, 0.05) is 6.04 Å². The first kappa shape index (κ1) is 16.0. The SMILES string of the molecule is CC(C)(O)c1ccc(-n2nnc3cnc(NC4CCCC4)nc32)cc1. The minimum atomic E-state index is -0.872. The molecule has 130 valence electrons. The molecule has 7 heteroatoms. The molecule has 1 fully saturated rings. The molecule has 2 aromatic heterocycles. The molecule has 1 aliphatic carbocycles. The fraction of sp³-hybridized carbons (Fsp3) is 0.444. The van der Waals surface area contributed by atoms with Crippen LogP contribution >= 0.6 is 0 Å². The Morgan fingerprint density at radius 1 is 1.16 bits per heavy atom. The number of nitrogens with one attached hydrogen (secondary N) is 1. The Morgan fingerprint density at radius 3 is 2.56 bits per heavy atom. The average Bonchev–Trinajstić information content (AvgIpc) is 3.23. The van der Waals surface area contributed by atoms with Gasteiger partial charge >= 0.3 is 0 Å². The van der Waals surface area contributed by atoms with Crippen LogP contribution in [-0.2, 0) is 5.60 Å². The van der Waals surface area contributed by atoms with Gasteiger partial charge in [0.15, 0.2) is 11.2 Å². The van der Waals surface area contributed by atoms with Crippen LogP contribution in [0, 0.1) is 0 Å². The summed E-state index contributed by atoms with van der Waals surface area (Å²) < 4.78 is 1.70. The third-order valence-electron chi connectivity index (χ3n) is 4.70. The smallest absolute Gasteiger partial charge is 0.225 e. The third kappa shape index (κ3) is 3.19. The van der Waals surface area contributed by atoms with Crippen LogP contribution in [0.5, 0.6) is 0 Å². The van der Waals surface area contributed by atoms with Crippen molar-refractivity contribution >= 4 is 17.1 Å². The van der Waals surface area contributed by atoms with Crippen molar-refractivity contribution in [2.75, 3.05) is 5.32 Å². The lowest BCUT2D eigenvalue weighted by atomic mass is 9.98. The van der Waals surface area contributed by atoms with Gasteiger partial charge in [-0.1, -0.05) is 30.2 Å². The highest BCUT2D eigenvalue weighted by Gasteiger charge is 2.18. The van der Waals surface area contributed by atoms with Gasteiger partial charge in [-0.2, -0.15) is 9.67 Å². The number of aromatic nitrogens is 5. The molecule has 2 heterocycles. The van der Waals surface area contributed by atoms with Crippen molar-refractivity contribution in [3.05, 3.63) is 36.0 Å². The average molecular weight is 338 g/mol. The van der Waals surface area contributed by atoms with E-state index in [9.17, 15) is 5.11 Å². The van der Waals surface area contributed by atoms with E-state index in [1.807, 2.05) is 24.3 Å². The van der Waals surface area contributed by atoms with Crippen molar-refractivity contribution in [3.8, 4) is 5.69 Å². The molecular formula is C18H22N6O. The largest absolute Gasteiger partial charge is 0.386 e. The van der Waals surface area contributed by atoms with Gasteiger partial charge in [-0.3, -0.25) is 0 Å². The quantitative estimate of drug-likeness (QED) is 0.760. The molecule has 7 nitrogen and oxygen atoms in total. The zero-order valence-corrected chi connectivity index (χ0v) is 14.5. The van der Waals surface area contributed by atoms with E-state index in [4.69, 9.17) is 0 Å². The van der Waals surface area contributed by atoms with Crippen LogP contribution in [0.1, 0.15) is 45.1 Å². The summed E-state index contributed by atoms with van der Waals surface area (Å²) in [5.41, 5.74) is 2.15. The number of benzene rings is 1. The Labute approximate surface area is 146 Å². The monoisotopic (exact) mass is 338 g/mol. The van der Waals surface area contributed by atoms with Gasteiger partial charge in [-0.25, -0.2) is 4.98 Å². The van der Waals surface area contributed by atoms with Crippen LogP contribution in [0.15, 0.2) is 30.5 Å². The number of fused-ring (bicyclic) bond motifs is 1. The van der Waals surface area contributed by atoms with Crippen molar-refractivity contribution in [1.29, 1.82) is 0 Å². The topological polar surface area (TPSA) is 88.8 Å². The van der Waals surface area contributed by atoms with E-state index in [1.54, 1.807) is 24.7 Å². The van der Waals surface area contributed by atoms with Gasteiger partial charge in [0.25, 0.3) is 0 Å². The highest BCUT2D eigenvalue weighted by atomic mass is 16.3. The number of hydrogen-bond acceptors (Lipinski definition) is 6. The predicted molar refractivity (Wildman–Crippen MR) is 95.6 cm³/mol. The van der Waals surface area contributed by atoms with Gasteiger partial charge in [0.1, 0.15) is 0 Å². The summed E-state index contributed by atoms with van der Waals surface area (Å²) in [5, 5.41) is 21.9. The normalized spacial score (nSPS) is 15.8. The second-order valence-corrected chi connectivity index (χ2v) is 7.14. The highest BCUT2D eigenvalue weighted by molar-refractivity contribution is 5.72. The van der Waals surface area contributed by atoms with Crippen LogP contribution in [0.3, 0.4) is 0 Å². The number of rotatable bonds is 4. The van der Waals surface area contributed by atoms with E-state index in [1.165, 1.54) is 12.8 Å². The summed E-state index contributed by atoms with van der Waals surface area (Å²) in [6, 6.07) is 8.05. The molecule has 0 amide bonds. The molecule has 0 atom stereocenters. The Kier molecular flexibility index (Phi) is 3.88. The second-order valence-electron chi connectivity index (χ2n) is 7.14. The zero-order valence-electron chi connectivity index (χ0n) is 14.5. The molecule has 1 aromatic carbocycles. The van der Waals surface area contributed by atoms with Crippen LogP contribution in [0.4, 0.5) is 5.95 Å². The summed E-state index contributed by atoms with van der Waals surface area (Å²) in [6.45, 7) is 3.53. The third-order valence-corrected chi connectivity index (χ3v) is 4.70. The Hall–Kier alpha value is -2.54. The summed E-state index contributed by atoms with van der Waals surface area (Å²) in [5.74, 6) is 0.621. The van der Waals surface area contributed by atoms with Crippen LogP contribution in [0.25, 0.3) is 16.9 Å². The summed E-state index contributed by atoms with van der Waals surface area (Å²) in [7, 11) is 0. The molecule has 25 heavy (non-hydrogen) atoms. The Balaban J connectivity index is 1.67. The van der Waals surface area contributed by atoms with Crippen molar-refractivity contribution < 1.29 is 5.11 Å². The Morgan fingerprint density at radius 2 is 1.88 bits per heavy atom. The molecule has 1 aliphatic rings. The van der Waals surface area contributed by atoms with Crippen molar-refractivity contribution in [1.82, 2.24) is 25.0 Å². The van der Waals surface area contributed by atoms with Gasteiger partial charge in [-0.05, 0) is 44.4 Å². The fourth-order valence-electron chi connectivity index (χ4n) is 3.23. The van der Waals surface area contributed by atoms with E-state index in [2.05, 4.69) is 25.6 Å². The molecular weight excluding hydrogens is 316 g/mol. The maximum atomic E-state index is 10.1. The fourth-order valence-corrected chi connectivity index (χ4v) is 3.23. The maximum Gasteiger partial charge on any atom is 0.225 e. The van der Waals surface area contributed by atoms with Crippen LogP contribution in [0.2, 0.25) is 0 Å². The first-order valence-electron chi connectivity index (χ1n) is 8.69. The van der Waals surface area contributed by atoms with Crippen LogP contribution in [-0.4, -0.2) is 36.1 Å². The molecule has 4 rings (SSSR count). The van der Waals surface area contributed by atoms with Gasteiger partial charge in [0.05, 0.1) is 17.5 Å². The molecule has 0 saturated heterocycles. The summed E-state index contributed by atoms with van der Waals surface area (Å²) >= 11 is 0. The number of hydrogen-bond donors (Lipinski definition) is 2. The molecule has 2 N–H and O–H groups in total. The molecule has 0 bridgehead atoms. The number of aliphatic hydroxyl groups is 1. The van der Waals surface area contributed by atoms with E-state index >= 15 is 0 Å². The van der Waals surface area contributed by atoms with E-state index in [0.717, 1.165) is 24.1 Å². The van der Waals surface area contributed by atoms with Gasteiger partial charge in [-0.15, -0.1) is 5.10 Å². The molecule has 0 radical (unpaired) electrons. The summed E-state index contributed by atoms with van der Waals surface area (Å²) in [4.78, 5) is 8.97. The number of nitrogens with zero attached hydrogens (tertiary/aromatic N) is 5. The highest BCUT2D eigenvalue weighted by Crippen LogP contribution is 2.23. The standard InChI is InChI=1S/C18H22N6O/c1-18(2,25)12-7-9-14(10-8-12)24-16-15(22-23-24)11-19-17(21-16)20-13-5-3-4-6-13/h7-11,13,25H,3-6H2,1-2H3,(H,19,20,21). The minimum Gasteiger partial charge on any atom is -0.386 e. The first-order valence-corrected chi connectivity index (χ1v) is 8.69. The second kappa shape index (κ2) is 6.07. The molecule has 0 spiro atoms. The minimum absolute atomic E-state index is 0.452. The van der Waals surface area contributed by atoms with Crippen molar-refractivity contribution in [3.63, 3.8) is 0 Å². The van der Waals surface area contributed by atoms with E-state index < -0.39 is 5.60 Å². The Bertz CT molecular complexity index is 875. The zero-order chi connectivity index (χ0) is 17.4. The van der Waals surface area contributed by atoms with Gasteiger partial charge in [0.2, 0.25) is 5.95 Å². The lowest BCUT2D eigenvalue weighted by Gasteiger charge is -2.17. The maximum absolute atomic E-state index is 10.1. The van der Waals surface area contributed by atoms with E-state index in [-0.39, 0.29) is 0 Å². The molecule has 1 saturated carbocycles. The summed E-state index contributed by atoms with van der Waals surface area (Å²) in [6.07, 6.45) is 6.54. The van der Waals surface area contributed by atoms with Crippen molar-refractivity contribution in [2.45, 2.75) is 51.2 Å². The van der Waals surface area contributed by atoms with E-state index in [0.29, 0.717) is 23.2 Å². The van der Waals surface area contributed by atoms with Crippen molar-refractivity contribution in [2.24, 2.45) is 0 Å². The number of anilines is 1. The lowest BCUT2D eigenvalue weighted by molar-refractivity contribution is 0.0786. The lowest BCUT2D eigenvalue weighted by Crippen LogP contribution is -2.16. The predicted octanol–water partition coefficient (Wildman–Crippen LogP) is 2.79. The molecule has 3 aromatic rings.